The van der Waals surface area contributed by atoms with Crippen LogP contribution in [0.5, 0.6) is 0 Å². The maximum Gasteiger partial charge on any atom is 0.193 e. The number of nitrogens with one attached hydrogen (secondary N) is 1. The first-order valence-electron chi connectivity index (χ1n) is 11.2. The lowest BCUT2D eigenvalue weighted by Crippen LogP contribution is -2.53. The van der Waals surface area contributed by atoms with Crippen LogP contribution in [0.1, 0.15) is 62.5 Å². The first-order chi connectivity index (χ1) is 13.7. The van der Waals surface area contributed by atoms with Crippen LogP contribution in [-0.4, -0.2) is 49.2 Å². The van der Waals surface area contributed by atoms with Crippen LogP contribution < -0.4 is 11.1 Å². The predicted molar refractivity (Wildman–Crippen MR) is 131 cm³/mol. The van der Waals surface area contributed by atoms with Crippen LogP contribution in [0.3, 0.4) is 0 Å². The molecule has 1 heterocycles. The van der Waals surface area contributed by atoms with Gasteiger partial charge >= 0.3 is 0 Å². The molecule has 29 heavy (non-hydrogen) atoms. The lowest BCUT2D eigenvalue weighted by molar-refractivity contribution is -0.0000293. The molecule has 2 aliphatic carbocycles. The van der Waals surface area contributed by atoms with E-state index >= 15 is 0 Å². The van der Waals surface area contributed by atoms with Crippen molar-refractivity contribution >= 4 is 35.6 Å². The highest BCUT2D eigenvalue weighted by atomic mass is 127. The van der Waals surface area contributed by atoms with Crippen molar-refractivity contribution < 1.29 is 4.74 Å². The molecule has 6 heteroatoms. The maximum absolute atomic E-state index is 6.35. The predicted octanol–water partition coefficient (Wildman–Crippen LogP) is 4.33. The van der Waals surface area contributed by atoms with E-state index in [1.54, 1.807) is 0 Å². The first kappa shape index (κ1) is 22.8. The van der Waals surface area contributed by atoms with E-state index in [0.29, 0.717) is 12.1 Å². The fourth-order valence-corrected chi connectivity index (χ4v) is 5.48. The minimum absolute atomic E-state index is 0. The van der Waals surface area contributed by atoms with Crippen molar-refractivity contribution in [1.82, 2.24) is 4.90 Å². The number of ether oxygens (including phenoxy) is 1. The third kappa shape index (κ3) is 5.25. The van der Waals surface area contributed by atoms with E-state index in [1.165, 1.54) is 56.1 Å². The number of piperidine rings is 1. The van der Waals surface area contributed by atoms with Gasteiger partial charge in [-0.1, -0.05) is 25.0 Å². The lowest BCUT2D eigenvalue weighted by Gasteiger charge is -2.44. The number of likely N-dealkylation sites (tertiary alicyclic amines) is 1. The summed E-state index contributed by atoms with van der Waals surface area (Å²) in [5.74, 6) is 0.567. The second-order valence-corrected chi connectivity index (χ2v) is 8.83. The summed E-state index contributed by atoms with van der Waals surface area (Å²) in [4.78, 5) is 7.52. The Bertz CT molecular complexity index is 694. The number of nitrogens with zero attached hydrogens (tertiary/aromatic N) is 2. The molecule has 3 aliphatic rings. The zero-order valence-corrected chi connectivity index (χ0v) is 20.1. The number of aryl methyl sites for hydroxylation is 1. The minimum Gasteiger partial charge on any atom is -0.381 e. The summed E-state index contributed by atoms with van der Waals surface area (Å²) in [5.41, 5.74) is 10.6. The van der Waals surface area contributed by atoms with Gasteiger partial charge in [-0.25, -0.2) is 0 Å². The van der Waals surface area contributed by atoms with Crippen molar-refractivity contribution in [2.45, 2.75) is 75.9 Å². The number of hydrogen-bond acceptors (Lipinski definition) is 3. The van der Waals surface area contributed by atoms with Gasteiger partial charge in [0.05, 0.1) is 12.6 Å². The van der Waals surface area contributed by atoms with E-state index in [1.807, 2.05) is 7.11 Å². The third-order valence-corrected chi connectivity index (χ3v) is 7.18. The largest absolute Gasteiger partial charge is 0.381 e. The SMILES string of the molecule is COC1CCN(C2(CN=C(N)Nc3cccc4c3CCCC4)CCCC2)CC1.I. The Morgan fingerprint density at radius 1 is 1.17 bits per heavy atom. The van der Waals surface area contributed by atoms with Gasteiger partial charge in [0.1, 0.15) is 0 Å². The number of aliphatic imine (C=N–C) groups is 1. The average molecular weight is 512 g/mol. The normalized spacial score (nSPS) is 22.7. The molecule has 1 aromatic carbocycles. The molecular formula is C23H37IN4O. The summed E-state index contributed by atoms with van der Waals surface area (Å²) in [6, 6.07) is 6.54. The van der Waals surface area contributed by atoms with Gasteiger partial charge in [0.15, 0.2) is 5.96 Å². The van der Waals surface area contributed by atoms with Crippen LogP contribution in [0, 0.1) is 0 Å². The summed E-state index contributed by atoms with van der Waals surface area (Å²) in [5, 5.41) is 3.42. The highest BCUT2D eigenvalue weighted by Gasteiger charge is 2.40. The molecule has 4 rings (SSSR count). The molecule has 1 saturated carbocycles. The number of nitrogens with two attached hydrogens (primary N) is 1. The Labute approximate surface area is 192 Å². The highest BCUT2D eigenvalue weighted by molar-refractivity contribution is 14.0. The average Bonchev–Trinajstić information content (AvgIpc) is 3.23. The fraction of sp³-hybridized carbons (Fsp3) is 0.696. The molecule has 5 nitrogen and oxygen atoms in total. The van der Waals surface area contributed by atoms with E-state index in [2.05, 4.69) is 28.4 Å². The molecule has 0 amide bonds. The van der Waals surface area contributed by atoms with Gasteiger partial charge in [-0.05, 0) is 68.6 Å². The number of hydrogen-bond donors (Lipinski definition) is 2. The summed E-state index contributed by atoms with van der Waals surface area (Å²) in [6.07, 6.45) is 12.7. The minimum atomic E-state index is 0. The topological polar surface area (TPSA) is 62.9 Å². The number of anilines is 1. The van der Waals surface area contributed by atoms with Crippen molar-refractivity contribution in [1.29, 1.82) is 0 Å². The summed E-state index contributed by atoms with van der Waals surface area (Å²) < 4.78 is 5.56. The zero-order valence-electron chi connectivity index (χ0n) is 17.8. The molecule has 0 atom stereocenters. The third-order valence-electron chi connectivity index (χ3n) is 7.18. The molecule has 3 N–H and O–H groups in total. The Kier molecular flexibility index (Phi) is 8.22. The van der Waals surface area contributed by atoms with Crippen molar-refractivity contribution in [3.8, 4) is 0 Å². The molecule has 0 spiro atoms. The van der Waals surface area contributed by atoms with E-state index in [0.717, 1.165) is 44.6 Å². The monoisotopic (exact) mass is 512 g/mol. The fourth-order valence-electron chi connectivity index (χ4n) is 5.48. The van der Waals surface area contributed by atoms with Crippen LogP contribution in [-0.2, 0) is 17.6 Å². The second kappa shape index (κ2) is 10.4. The Morgan fingerprint density at radius 2 is 1.90 bits per heavy atom. The second-order valence-electron chi connectivity index (χ2n) is 8.83. The molecule has 0 radical (unpaired) electrons. The van der Waals surface area contributed by atoms with Gasteiger partial charge in [0.25, 0.3) is 0 Å². The molecule has 1 saturated heterocycles. The van der Waals surface area contributed by atoms with Gasteiger partial charge in [-0.2, -0.15) is 0 Å². The summed E-state index contributed by atoms with van der Waals surface area (Å²) in [7, 11) is 1.84. The van der Waals surface area contributed by atoms with E-state index < -0.39 is 0 Å². The molecule has 0 aromatic heterocycles. The van der Waals surface area contributed by atoms with Gasteiger partial charge < -0.3 is 15.8 Å². The lowest BCUT2D eigenvalue weighted by atomic mass is 9.90. The number of benzene rings is 1. The number of halogens is 1. The van der Waals surface area contributed by atoms with Crippen molar-refractivity contribution in [2.24, 2.45) is 10.7 Å². The number of methoxy groups -OCH3 is 1. The van der Waals surface area contributed by atoms with Crippen LogP contribution in [0.15, 0.2) is 23.2 Å². The Balaban J connectivity index is 0.00000240. The van der Waals surface area contributed by atoms with Gasteiger partial charge in [0, 0.05) is 31.4 Å². The molecule has 2 fully saturated rings. The molecule has 0 unspecified atom stereocenters. The van der Waals surface area contributed by atoms with Crippen molar-refractivity contribution in [2.75, 3.05) is 32.1 Å². The Hall–Kier alpha value is -0.860. The maximum atomic E-state index is 6.35. The van der Waals surface area contributed by atoms with Crippen LogP contribution in [0.4, 0.5) is 5.69 Å². The quantitative estimate of drug-likeness (QED) is 0.350. The standard InChI is InChI=1S/C23H36N4O.HI/c1-28-19-11-15-27(16-12-19)23(13-4-5-14-23)17-25-22(24)26-21-10-6-8-18-7-2-3-9-20(18)21;/h6,8,10,19H,2-5,7,9,11-17H2,1H3,(H3,24,25,26);1H. The zero-order chi connectivity index (χ0) is 19.4. The van der Waals surface area contributed by atoms with Crippen molar-refractivity contribution in [3.63, 3.8) is 0 Å². The van der Waals surface area contributed by atoms with Crippen LogP contribution >= 0.6 is 24.0 Å². The summed E-state index contributed by atoms with van der Waals surface area (Å²) in [6.45, 7) is 3.04. The van der Waals surface area contributed by atoms with E-state index in [4.69, 9.17) is 15.5 Å². The number of rotatable bonds is 5. The van der Waals surface area contributed by atoms with Gasteiger partial charge in [-0.3, -0.25) is 9.89 Å². The van der Waals surface area contributed by atoms with Crippen LogP contribution in [0.2, 0.25) is 0 Å². The Morgan fingerprint density at radius 3 is 2.62 bits per heavy atom. The smallest absolute Gasteiger partial charge is 0.193 e. The number of fused-ring (bicyclic) bond motifs is 1. The molecular weight excluding hydrogens is 475 g/mol. The molecule has 1 aliphatic heterocycles. The van der Waals surface area contributed by atoms with Gasteiger partial charge in [0.2, 0.25) is 0 Å². The number of guanidine groups is 1. The van der Waals surface area contributed by atoms with Gasteiger partial charge in [-0.15, -0.1) is 24.0 Å². The summed E-state index contributed by atoms with van der Waals surface area (Å²) >= 11 is 0. The molecule has 0 bridgehead atoms. The van der Waals surface area contributed by atoms with Crippen LogP contribution in [0.25, 0.3) is 0 Å². The molecule has 1 aromatic rings. The van der Waals surface area contributed by atoms with Crippen molar-refractivity contribution in [3.05, 3.63) is 29.3 Å². The molecule has 162 valence electrons. The van der Waals surface area contributed by atoms with E-state index in [-0.39, 0.29) is 29.5 Å². The first-order valence-corrected chi connectivity index (χ1v) is 11.2. The highest BCUT2D eigenvalue weighted by Crippen LogP contribution is 2.37. The van der Waals surface area contributed by atoms with E-state index in [9.17, 15) is 0 Å².